The molecule has 0 amide bonds. The Labute approximate surface area is 81.1 Å². The van der Waals surface area contributed by atoms with Crippen LogP contribution in [0.3, 0.4) is 0 Å². The molecule has 1 rings (SSSR count). The maximum atomic E-state index is 9.56. The van der Waals surface area contributed by atoms with E-state index in [-0.39, 0.29) is 0 Å². The SMILES string of the molecule is CCCN1CCC(NC(C)(C)O)C1. The molecule has 0 aromatic heterocycles. The minimum absolute atomic E-state index is 0.464. The summed E-state index contributed by atoms with van der Waals surface area (Å²) in [7, 11) is 0. The van der Waals surface area contributed by atoms with Gasteiger partial charge >= 0.3 is 0 Å². The fourth-order valence-corrected chi connectivity index (χ4v) is 1.97. The Morgan fingerprint density at radius 3 is 2.77 bits per heavy atom. The average Bonchev–Trinajstić information content (AvgIpc) is 2.33. The highest BCUT2D eigenvalue weighted by atomic mass is 16.3. The molecule has 1 unspecified atom stereocenters. The van der Waals surface area contributed by atoms with E-state index in [9.17, 15) is 5.11 Å². The van der Waals surface area contributed by atoms with E-state index < -0.39 is 5.72 Å². The van der Waals surface area contributed by atoms with Gasteiger partial charge in [-0.25, -0.2) is 0 Å². The smallest absolute Gasteiger partial charge is 0.110 e. The lowest BCUT2D eigenvalue weighted by Gasteiger charge is -2.24. The standard InChI is InChI=1S/C10H22N2O/c1-4-6-12-7-5-9(8-12)11-10(2,3)13/h9,11,13H,4-8H2,1-3H3. The van der Waals surface area contributed by atoms with Gasteiger partial charge in [0, 0.05) is 12.6 Å². The summed E-state index contributed by atoms with van der Waals surface area (Å²) in [5.74, 6) is 0. The van der Waals surface area contributed by atoms with Gasteiger partial charge in [-0.2, -0.15) is 0 Å². The van der Waals surface area contributed by atoms with Gasteiger partial charge in [0.1, 0.15) is 5.72 Å². The molecule has 0 spiro atoms. The van der Waals surface area contributed by atoms with Crippen LogP contribution in [-0.4, -0.2) is 41.4 Å². The molecule has 0 saturated carbocycles. The van der Waals surface area contributed by atoms with Crippen molar-refractivity contribution < 1.29 is 5.11 Å². The van der Waals surface area contributed by atoms with Crippen LogP contribution in [0.5, 0.6) is 0 Å². The van der Waals surface area contributed by atoms with Gasteiger partial charge < -0.3 is 10.0 Å². The minimum atomic E-state index is -0.729. The quantitative estimate of drug-likeness (QED) is 0.637. The molecule has 78 valence electrons. The molecule has 0 radical (unpaired) electrons. The van der Waals surface area contributed by atoms with E-state index in [0.717, 1.165) is 13.0 Å². The second kappa shape index (κ2) is 4.40. The molecule has 13 heavy (non-hydrogen) atoms. The lowest BCUT2D eigenvalue weighted by molar-refractivity contribution is 0.0319. The highest BCUT2D eigenvalue weighted by Crippen LogP contribution is 2.11. The molecule has 0 aromatic rings. The van der Waals surface area contributed by atoms with Gasteiger partial charge in [-0.05, 0) is 39.8 Å². The van der Waals surface area contributed by atoms with Gasteiger partial charge in [0.05, 0.1) is 0 Å². The summed E-state index contributed by atoms with van der Waals surface area (Å²) < 4.78 is 0. The van der Waals surface area contributed by atoms with Gasteiger partial charge in [-0.1, -0.05) is 6.92 Å². The summed E-state index contributed by atoms with van der Waals surface area (Å²) >= 11 is 0. The largest absolute Gasteiger partial charge is 0.376 e. The van der Waals surface area contributed by atoms with Crippen molar-refractivity contribution in [3.63, 3.8) is 0 Å². The van der Waals surface area contributed by atoms with Gasteiger partial charge in [0.25, 0.3) is 0 Å². The molecule has 1 heterocycles. The van der Waals surface area contributed by atoms with Crippen molar-refractivity contribution in [2.24, 2.45) is 0 Å². The normalized spacial score (nSPS) is 25.4. The number of likely N-dealkylation sites (tertiary alicyclic amines) is 1. The molecule has 1 aliphatic heterocycles. The van der Waals surface area contributed by atoms with Gasteiger partial charge in [-0.3, -0.25) is 5.32 Å². The third-order valence-electron chi connectivity index (χ3n) is 2.37. The topological polar surface area (TPSA) is 35.5 Å². The predicted molar refractivity (Wildman–Crippen MR) is 54.6 cm³/mol. The Hall–Kier alpha value is -0.120. The fourth-order valence-electron chi connectivity index (χ4n) is 1.97. The van der Waals surface area contributed by atoms with E-state index in [4.69, 9.17) is 0 Å². The van der Waals surface area contributed by atoms with Gasteiger partial charge in [0.15, 0.2) is 0 Å². The molecule has 0 aliphatic carbocycles. The van der Waals surface area contributed by atoms with Crippen molar-refractivity contribution in [1.29, 1.82) is 0 Å². The van der Waals surface area contributed by atoms with Crippen LogP contribution in [0.2, 0.25) is 0 Å². The molecule has 1 saturated heterocycles. The lowest BCUT2D eigenvalue weighted by Crippen LogP contribution is -2.46. The molecule has 1 atom stereocenters. The molecule has 0 aromatic carbocycles. The second-order valence-corrected chi connectivity index (χ2v) is 4.49. The van der Waals surface area contributed by atoms with Crippen LogP contribution in [-0.2, 0) is 0 Å². The van der Waals surface area contributed by atoms with Crippen LogP contribution < -0.4 is 5.32 Å². The molecule has 3 heteroatoms. The van der Waals surface area contributed by atoms with Crippen molar-refractivity contribution >= 4 is 0 Å². The Balaban J connectivity index is 2.25. The zero-order valence-corrected chi connectivity index (χ0v) is 9.01. The second-order valence-electron chi connectivity index (χ2n) is 4.49. The van der Waals surface area contributed by atoms with Crippen molar-refractivity contribution in [3.05, 3.63) is 0 Å². The summed E-state index contributed by atoms with van der Waals surface area (Å²) in [5.41, 5.74) is -0.729. The summed E-state index contributed by atoms with van der Waals surface area (Å²) in [6.07, 6.45) is 2.37. The Bertz CT molecular complexity index is 153. The first kappa shape index (κ1) is 11.0. The summed E-state index contributed by atoms with van der Waals surface area (Å²) in [6.45, 7) is 9.24. The van der Waals surface area contributed by atoms with Crippen molar-refractivity contribution in [2.75, 3.05) is 19.6 Å². The van der Waals surface area contributed by atoms with E-state index in [1.54, 1.807) is 13.8 Å². The first-order valence-electron chi connectivity index (χ1n) is 5.23. The zero-order chi connectivity index (χ0) is 9.90. The van der Waals surface area contributed by atoms with E-state index in [2.05, 4.69) is 17.1 Å². The Morgan fingerprint density at radius 2 is 2.23 bits per heavy atom. The summed E-state index contributed by atoms with van der Waals surface area (Å²) in [4.78, 5) is 2.45. The number of nitrogens with one attached hydrogen (secondary N) is 1. The van der Waals surface area contributed by atoms with Crippen molar-refractivity contribution in [3.8, 4) is 0 Å². The number of hydrogen-bond acceptors (Lipinski definition) is 3. The number of nitrogens with zero attached hydrogens (tertiary/aromatic N) is 1. The van der Waals surface area contributed by atoms with Crippen molar-refractivity contribution in [1.82, 2.24) is 10.2 Å². The molecule has 2 N–H and O–H groups in total. The highest BCUT2D eigenvalue weighted by molar-refractivity contribution is 4.83. The van der Waals surface area contributed by atoms with E-state index in [1.165, 1.54) is 19.5 Å². The summed E-state index contributed by atoms with van der Waals surface area (Å²) in [5, 5.41) is 12.8. The lowest BCUT2D eigenvalue weighted by atomic mass is 10.2. The minimum Gasteiger partial charge on any atom is -0.376 e. The maximum Gasteiger partial charge on any atom is 0.110 e. The molecular weight excluding hydrogens is 164 g/mol. The third-order valence-corrected chi connectivity index (χ3v) is 2.37. The first-order chi connectivity index (χ1) is 6.01. The van der Waals surface area contributed by atoms with Crippen molar-refractivity contribution in [2.45, 2.75) is 45.4 Å². The predicted octanol–water partition coefficient (Wildman–Crippen LogP) is 0.789. The van der Waals surface area contributed by atoms with Crippen LogP contribution in [0.1, 0.15) is 33.6 Å². The van der Waals surface area contributed by atoms with Crippen LogP contribution in [0.25, 0.3) is 0 Å². The van der Waals surface area contributed by atoms with E-state index >= 15 is 0 Å². The van der Waals surface area contributed by atoms with Crippen LogP contribution in [0.15, 0.2) is 0 Å². The molecule has 1 fully saturated rings. The first-order valence-corrected chi connectivity index (χ1v) is 5.23. The molecule has 0 bridgehead atoms. The summed E-state index contributed by atoms with van der Waals surface area (Å²) in [6, 6.07) is 0.464. The van der Waals surface area contributed by atoms with Gasteiger partial charge in [0.2, 0.25) is 0 Å². The monoisotopic (exact) mass is 186 g/mol. The van der Waals surface area contributed by atoms with E-state index in [0.29, 0.717) is 6.04 Å². The van der Waals surface area contributed by atoms with Crippen LogP contribution >= 0.6 is 0 Å². The maximum absolute atomic E-state index is 9.56. The van der Waals surface area contributed by atoms with Crippen LogP contribution in [0, 0.1) is 0 Å². The zero-order valence-electron chi connectivity index (χ0n) is 9.01. The number of hydrogen-bond donors (Lipinski definition) is 2. The Morgan fingerprint density at radius 1 is 1.54 bits per heavy atom. The fraction of sp³-hybridized carbons (Fsp3) is 1.00. The average molecular weight is 186 g/mol. The van der Waals surface area contributed by atoms with Crippen LogP contribution in [0.4, 0.5) is 0 Å². The Kier molecular flexibility index (Phi) is 3.71. The number of aliphatic hydroxyl groups is 1. The molecular formula is C10H22N2O. The molecule has 3 nitrogen and oxygen atoms in total. The number of rotatable bonds is 4. The highest BCUT2D eigenvalue weighted by Gasteiger charge is 2.25. The van der Waals surface area contributed by atoms with Gasteiger partial charge in [-0.15, -0.1) is 0 Å². The van der Waals surface area contributed by atoms with E-state index in [1.807, 2.05) is 0 Å². The molecule has 1 aliphatic rings. The third kappa shape index (κ3) is 4.07.